The van der Waals surface area contributed by atoms with Crippen molar-refractivity contribution >= 4 is 35.0 Å². The molecule has 8 heteroatoms. The van der Waals surface area contributed by atoms with Crippen LogP contribution in [0.15, 0.2) is 4.99 Å². The van der Waals surface area contributed by atoms with Gasteiger partial charge in [0.1, 0.15) is 9.88 Å². The molecule has 0 aromatic carbocycles. The molecule has 0 radical (unpaired) electrons. The average molecular weight is 373 g/mol. The second-order valence-corrected chi connectivity index (χ2v) is 7.18. The van der Waals surface area contributed by atoms with Crippen LogP contribution >= 0.6 is 23.1 Å². The van der Waals surface area contributed by atoms with E-state index >= 15 is 0 Å². The zero-order chi connectivity index (χ0) is 17.9. The van der Waals surface area contributed by atoms with Gasteiger partial charge < -0.3 is 15.4 Å². The van der Waals surface area contributed by atoms with E-state index in [0.717, 1.165) is 36.2 Å². The summed E-state index contributed by atoms with van der Waals surface area (Å²) < 4.78 is 5.07. The molecule has 24 heavy (non-hydrogen) atoms. The molecule has 0 aliphatic heterocycles. The highest BCUT2D eigenvalue weighted by Gasteiger charge is 2.20. The molecule has 1 aromatic heterocycles. The van der Waals surface area contributed by atoms with Gasteiger partial charge in [0.15, 0.2) is 5.96 Å². The second-order valence-electron chi connectivity index (χ2n) is 5.16. The van der Waals surface area contributed by atoms with Crippen LogP contribution in [0.4, 0.5) is 0 Å². The first-order valence-corrected chi connectivity index (χ1v) is 10.4. The van der Waals surface area contributed by atoms with E-state index in [1.807, 2.05) is 32.5 Å². The maximum Gasteiger partial charge on any atom is 0.350 e. The maximum absolute atomic E-state index is 11.9. The Bertz CT molecular complexity index is 546. The summed E-state index contributed by atoms with van der Waals surface area (Å²) in [6.07, 6.45) is 3.15. The monoisotopic (exact) mass is 372 g/mol. The second kappa shape index (κ2) is 11.3. The van der Waals surface area contributed by atoms with E-state index in [1.165, 1.54) is 11.3 Å². The van der Waals surface area contributed by atoms with Gasteiger partial charge in [0.25, 0.3) is 0 Å². The number of nitrogens with zero attached hydrogens (tertiary/aromatic N) is 2. The Hall–Kier alpha value is -1.28. The van der Waals surface area contributed by atoms with Crippen molar-refractivity contribution in [2.75, 3.05) is 31.7 Å². The summed E-state index contributed by atoms with van der Waals surface area (Å²) in [7, 11) is 0. The maximum atomic E-state index is 11.9. The normalized spacial score (nSPS) is 12.8. The van der Waals surface area contributed by atoms with Crippen molar-refractivity contribution in [1.29, 1.82) is 0 Å². The number of esters is 1. The molecule has 0 aliphatic carbocycles. The Balaban J connectivity index is 2.75. The Morgan fingerprint density at radius 2 is 2.21 bits per heavy atom. The van der Waals surface area contributed by atoms with Gasteiger partial charge in [-0.15, -0.1) is 11.3 Å². The van der Waals surface area contributed by atoms with E-state index in [-0.39, 0.29) is 12.0 Å². The SMILES string of the molecule is CCNC(=NCCCSC)NC(C)c1nc(C)c(C(=O)OCC)s1. The van der Waals surface area contributed by atoms with Crippen LogP contribution < -0.4 is 10.6 Å². The minimum atomic E-state index is -0.302. The number of aryl methyl sites for hydroxylation is 1. The number of rotatable bonds is 9. The van der Waals surface area contributed by atoms with Gasteiger partial charge in [-0.05, 0) is 46.1 Å². The van der Waals surface area contributed by atoms with E-state index in [4.69, 9.17) is 4.74 Å². The van der Waals surface area contributed by atoms with Gasteiger partial charge in [0, 0.05) is 13.1 Å². The standard InChI is InChI=1S/C16H28N4O2S2/c1-6-17-16(18-9-8-10-23-5)20-12(4)14-19-11(3)13(24-14)15(21)22-7-2/h12H,6-10H2,1-5H3,(H2,17,18,20). The molecular weight excluding hydrogens is 344 g/mol. The number of aromatic nitrogens is 1. The third-order valence-corrected chi connectivity index (χ3v) is 5.14. The smallest absolute Gasteiger partial charge is 0.350 e. The minimum Gasteiger partial charge on any atom is -0.462 e. The fourth-order valence-electron chi connectivity index (χ4n) is 1.98. The topological polar surface area (TPSA) is 75.6 Å². The summed E-state index contributed by atoms with van der Waals surface area (Å²) >= 11 is 3.20. The summed E-state index contributed by atoms with van der Waals surface area (Å²) in [6.45, 7) is 9.64. The third-order valence-electron chi connectivity index (χ3n) is 3.12. The Labute approximate surface area is 152 Å². The number of thiazole rings is 1. The lowest BCUT2D eigenvalue weighted by Gasteiger charge is -2.16. The quantitative estimate of drug-likeness (QED) is 0.300. The molecule has 0 saturated heterocycles. The molecule has 2 N–H and O–H groups in total. The first-order valence-electron chi connectivity index (χ1n) is 8.21. The van der Waals surface area contributed by atoms with Crippen LogP contribution in [0.1, 0.15) is 53.6 Å². The van der Waals surface area contributed by atoms with Gasteiger partial charge in [0.05, 0.1) is 18.3 Å². The summed E-state index contributed by atoms with van der Waals surface area (Å²) in [5, 5.41) is 7.44. The first kappa shape index (κ1) is 20.8. The summed E-state index contributed by atoms with van der Waals surface area (Å²) in [6, 6.07) is -0.0322. The number of guanidine groups is 1. The zero-order valence-corrected chi connectivity index (χ0v) is 16.8. The Kier molecular flexibility index (Phi) is 9.78. The minimum absolute atomic E-state index is 0.0322. The molecule has 0 aliphatic rings. The van der Waals surface area contributed by atoms with Gasteiger partial charge in [-0.2, -0.15) is 11.8 Å². The molecule has 0 amide bonds. The largest absolute Gasteiger partial charge is 0.462 e. The first-order chi connectivity index (χ1) is 11.5. The van der Waals surface area contributed by atoms with Crippen molar-refractivity contribution in [2.24, 2.45) is 4.99 Å². The highest BCUT2D eigenvalue weighted by Crippen LogP contribution is 2.24. The number of thioether (sulfide) groups is 1. The average Bonchev–Trinajstić information content (AvgIpc) is 2.94. The van der Waals surface area contributed by atoms with Crippen molar-refractivity contribution in [3.8, 4) is 0 Å². The zero-order valence-electron chi connectivity index (χ0n) is 15.1. The highest BCUT2D eigenvalue weighted by molar-refractivity contribution is 7.98. The molecular formula is C16H28N4O2S2. The number of carbonyl (C=O) groups is 1. The van der Waals surface area contributed by atoms with E-state index in [9.17, 15) is 4.79 Å². The number of hydrogen-bond donors (Lipinski definition) is 2. The fraction of sp³-hybridized carbons (Fsp3) is 0.688. The van der Waals surface area contributed by atoms with Crippen LogP contribution in [0.2, 0.25) is 0 Å². The predicted molar refractivity (Wildman–Crippen MR) is 103 cm³/mol. The van der Waals surface area contributed by atoms with Gasteiger partial charge in [0.2, 0.25) is 0 Å². The van der Waals surface area contributed by atoms with Crippen molar-refractivity contribution in [3.05, 3.63) is 15.6 Å². The number of aliphatic imine (C=N–C) groups is 1. The number of nitrogens with one attached hydrogen (secondary N) is 2. The molecule has 1 aromatic rings. The predicted octanol–water partition coefficient (Wildman–Crippen LogP) is 3.00. The highest BCUT2D eigenvalue weighted by atomic mass is 32.2. The lowest BCUT2D eigenvalue weighted by atomic mass is 10.3. The third kappa shape index (κ3) is 6.68. The van der Waals surface area contributed by atoms with E-state index in [2.05, 4.69) is 26.9 Å². The van der Waals surface area contributed by atoms with Gasteiger partial charge in [-0.1, -0.05) is 0 Å². The van der Waals surface area contributed by atoms with Crippen LogP contribution in [0.3, 0.4) is 0 Å². The molecule has 0 spiro atoms. The van der Waals surface area contributed by atoms with Crippen LogP contribution in [0.5, 0.6) is 0 Å². The van der Waals surface area contributed by atoms with Crippen molar-refractivity contribution in [1.82, 2.24) is 15.6 Å². The molecule has 1 rings (SSSR count). The molecule has 1 atom stereocenters. The number of ether oxygens (including phenoxy) is 1. The van der Waals surface area contributed by atoms with Crippen molar-refractivity contribution < 1.29 is 9.53 Å². The lowest BCUT2D eigenvalue weighted by molar-refractivity contribution is 0.0531. The van der Waals surface area contributed by atoms with E-state index < -0.39 is 0 Å². The molecule has 0 saturated carbocycles. The van der Waals surface area contributed by atoms with Crippen molar-refractivity contribution in [3.63, 3.8) is 0 Å². The molecule has 136 valence electrons. The molecule has 1 heterocycles. The Morgan fingerprint density at radius 1 is 1.46 bits per heavy atom. The molecule has 0 fully saturated rings. The summed E-state index contributed by atoms with van der Waals surface area (Å²) in [5.74, 6) is 1.58. The fourth-order valence-corrected chi connectivity index (χ4v) is 3.36. The Morgan fingerprint density at radius 3 is 2.83 bits per heavy atom. The summed E-state index contributed by atoms with van der Waals surface area (Å²) in [4.78, 5) is 21.6. The number of hydrogen-bond acceptors (Lipinski definition) is 6. The molecule has 6 nitrogen and oxygen atoms in total. The summed E-state index contributed by atoms with van der Waals surface area (Å²) in [5.41, 5.74) is 0.712. The van der Waals surface area contributed by atoms with Crippen LogP contribution in [0.25, 0.3) is 0 Å². The van der Waals surface area contributed by atoms with E-state index in [0.29, 0.717) is 17.2 Å². The number of carbonyl (C=O) groups excluding carboxylic acids is 1. The molecule has 0 bridgehead atoms. The van der Waals surface area contributed by atoms with Crippen molar-refractivity contribution in [2.45, 2.75) is 40.2 Å². The lowest BCUT2D eigenvalue weighted by Crippen LogP contribution is -2.38. The van der Waals surface area contributed by atoms with Crippen LogP contribution in [-0.2, 0) is 4.74 Å². The van der Waals surface area contributed by atoms with Gasteiger partial charge in [-0.3, -0.25) is 4.99 Å². The molecule has 1 unspecified atom stereocenters. The van der Waals surface area contributed by atoms with Crippen LogP contribution in [0, 0.1) is 6.92 Å². The van der Waals surface area contributed by atoms with E-state index in [1.54, 1.807) is 6.92 Å². The van der Waals surface area contributed by atoms with Crippen LogP contribution in [-0.4, -0.2) is 48.6 Å². The van der Waals surface area contributed by atoms with Gasteiger partial charge in [-0.25, -0.2) is 9.78 Å². The van der Waals surface area contributed by atoms with Gasteiger partial charge >= 0.3 is 5.97 Å².